The van der Waals surface area contributed by atoms with E-state index in [9.17, 15) is 9.90 Å². The number of hydrogen-bond donors (Lipinski definition) is 1. The molecule has 160 valence electrons. The van der Waals surface area contributed by atoms with E-state index in [0.29, 0.717) is 24.6 Å². The fourth-order valence-electron chi connectivity index (χ4n) is 5.06. The molecule has 0 radical (unpaired) electrons. The Labute approximate surface area is 182 Å². The maximum atomic E-state index is 13.3. The Hall–Kier alpha value is -3.28. The SMILES string of the molecule is Cc1ccc(C(=O)N2CC[C@]3(C2)c2cccn2-c2ncccc2N3CC(C)C)cc1O. The van der Waals surface area contributed by atoms with E-state index in [4.69, 9.17) is 0 Å². The summed E-state index contributed by atoms with van der Waals surface area (Å²) in [7, 11) is 0. The van der Waals surface area contributed by atoms with E-state index in [1.165, 1.54) is 5.69 Å². The van der Waals surface area contributed by atoms with Crippen molar-refractivity contribution in [1.82, 2.24) is 14.5 Å². The molecule has 2 aromatic heterocycles. The molecule has 1 atom stereocenters. The van der Waals surface area contributed by atoms with Crippen LogP contribution in [0.4, 0.5) is 5.69 Å². The van der Waals surface area contributed by atoms with Gasteiger partial charge in [0.05, 0.1) is 11.4 Å². The number of carbonyl (C=O) groups is 1. The quantitative estimate of drug-likeness (QED) is 0.698. The summed E-state index contributed by atoms with van der Waals surface area (Å²) in [6, 6.07) is 13.5. The molecule has 1 aromatic carbocycles. The number of likely N-dealkylation sites (tertiary alicyclic amines) is 1. The van der Waals surface area contributed by atoms with Crippen LogP contribution in [0.3, 0.4) is 0 Å². The Kier molecular flexibility index (Phi) is 4.54. The lowest BCUT2D eigenvalue weighted by Crippen LogP contribution is -2.54. The molecule has 3 aromatic rings. The topological polar surface area (TPSA) is 61.6 Å². The Morgan fingerprint density at radius 1 is 1.23 bits per heavy atom. The van der Waals surface area contributed by atoms with Crippen molar-refractivity contribution in [2.45, 2.75) is 32.7 Å². The van der Waals surface area contributed by atoms with Gasteiger partial charge in [-0.25, -0.2) is 4.98 Å². The van der Waals surface area contributed by atoms with Crippen molar-refractivity contribution in [2.24, 2.45) is 5.92 Å². The van der Waals surface area contributed by atoms with Gasteiger partial charge in [0.1, 0.15) is 11.3 Å². The molecule has 6 nitrogen and oxygen atoms in total. The van der Waals surface area contributed by atoms with E-state index in [1.807, 2.05) is 24.1 Å². The maximum Gasteiger partial charge on any atom is 0.254 e. The van der Waals surface area contributed by atoms with Crippen LogP contribution in [0.1, 0.15) is 41.9 Å². The number of benzene rings is 1. The lowest BCUT2D eigenvalue weighted by Gasteiger charge is -2.47. The van der Waals surface area contributed by atoms with Gasteiger partial charge >= 0.3 is 0 Å². The highest BCUT2D eigenvalue weighted by atomic mass is 16.3. The van der Waals surface area contributed by atoms with Crippen molar-refractivity contribution in [2.75, 3.05) is 24.5 Å². The van der Waals surface area contributed by atoms with Gasteiger partial charge in [-0.3, -0.25) is 4.79 Å². The summed E-state index contributed by atoms with van der Waals surface area (Å²) in [4.78, 5) is 22.4. The van der Waals surface area contributed by atoms with Crippen LogP contribution in [-0.2, 0) is 5.54 Å². The Morgan fingerprint density at radius 2 is 2.06 bits per heavy atom. The summed E-state index contributed by atoms with van der Waals surface area (Å²) in [6.07, 6.45) is 4.75. The molecule has 2 aliphatic heterocycles. The fraction of sp³-hybridized carbons (Fsp3) is 0.360. The minimum atomic E-state index is -0.299. The highest BCUT2D eigenvalue weighted by molar-refractivity contribution is 5.95. The van der Waals surface area contributed by atoms with E-state index >= 15 is 0 Å². The van der Waals surface area contributed by atoms with Gasteiger partial charge in [-0.1, -0.05) is 19.9 Å². The second-order valence-corrected chi connectivity index (χ2v) is 9.12. The second-order valence-electron chi connectivity index (χ2n) is 9.12. The standard InChI is InChI=1S/C25H28N4O2/c1-17(2)15-29-20-6-4-11-26-23(20)28-12-5-7-22(28)25(29)10-13-27(16-25)24(31)19-9-8-18(3)21(30)14-19/h4-9,11-12,14,17,30H,10,13,15-16H2,1-3H3/t25-/m0/s1. The lowest BCUT2D eigenvalue weighted by molar-refractivity contribution is 0.0781. The van der Waals surface area contributed by atoms with Gasteiger partial charge in [-0.05, 0) is 61.2 Å². The highest BCUT2D eigenvalue weighted by Gasteiger charge is 2.50. The van der Waals surface area contributed by atoms with Crippen LogP contribution in [-0.4, -0.2) is 45.1 Å². The van der Waals surface area contributed by atoms with Crippen molar-refractivity contribution < 1.29 is 9.90 Å². The Balaban J connectivity index is 1.56. The molecule has 1 amide bonds. The predicted molar refractivity (Wildman–Crippen MR) is 121 cm³/mol. The minimum absolute atomic E-state index is 0.0354. The van der Waals surface area contributed by atoms with Gasteiger partial charge in [0.2, 0.25) is 0 Å². The van der Waals surface area contributed by atoms with Crippen LogP contribution in [0.15, 0.2) is 54.9 Å². The number of aromatic nitrogens is 2. The molecule has 0 aliphatic carbocycles. The zero-order chi connectivity index (χ0) is 21.8. The van der Waals surface area contributed by atoms with Crippen LogP contribution in [0.5, 0.6) is 5.75 Å². The van der Waals surface area contributed by atoms with E-state index in [2.05, 4.69) is 52.7 Å². The summed E-state index contributed by atoms with van der Waals surface area (Å²) in [5.74, 6) is 1.53. The smallest absolute Gasteiger partial charge is 0.254 e. The number of nitrogens with zero attached hydrogens (tertiary/aromatic N) is 4. The minimum Gasteiger partial charge on any atom is -0.508 e. The number of carbonyl (C=O) groups excluding carboxylic acids is 1. The number of hydrogen-bond acceptors (Lipinski definition) is 4. The molecule has 0 bridgehead atoms. The third-order valence-corrected chi connectivity index (χ3v) is 6.57. The van der Waals surface area contributed by atoms with Crippen LogP contribution in [0, 0.1) is 12.8 Å². The molecular formula is C25H28N4O2. The largest absolute Gasteiger partial charge is 0.508 e. The molecule has 1 spiro atoms. The molecule has 0 saturated carbocycles. The number of amides is 1. The first kappa shape index (κ1) is 19.7. The number of fused-ring (bicyclic) bond motifs is 4. The number of aryl methyl sites for hydroxylation is 1. The first-order valence-electron chi connectivity index (χ1n) is 10.9. The first-order valence-corrected chi connectivity index (χ1v) is 10.9. The summed E-state index contributed by atoms with van der Waals surface area (Å²) in [5, 5.41) is 10.1. The third kappa shape index (κ3) is 3.00. The Morgan fingerprint density at radius 3 is 2.84 bits per heavy atom. The van der Waals surface area contributed by atoms with Crippen LogP contribution < -0.4 is 4.90 Å². The fourth-order valence-corrected chi connectivity index (χ4v) is 5.06. The number of rotatable bonds is 3. The molecule has 31 heavy (non-hydrogen) atoms. The molecule has 1 N–H and O–H groups in total. The third-order valence-electron chi connectivity index (χ3n) is 6.57. The van der Waals surface area contributed by atoms with Crippen molar-refractivity contribution in [1.29, 1.82) is 0 Å². The number of phenols is 1. The van der Waals surface area contributed by atoms with E-state index in [-0.39, 0.29) is 17.2 Å². The molecule has 1 saturated heterocycles. The van der Waals surface area contributed by atoms with Crippen molar-refractivity contribution in [3.8, 4) is 11.6 Å². The van der Waals surface area contributed by atoms with Crippen LogP contribution in [0.25, 0.3) is 5.82 Å². The van der Waals surface area contributed by atoms with Gasteiger partial charge in [0.25, 0.3) is 5.91 Å². The molecular weight excluding hydrogens is 388 g/mol. The second kappa shape index (κ2) is 7.15. The molecule has 5 rings (SSSR count). The average Bonchev–Trinajstić information content (AvgIpc) is 3.41. The van der Waals surface area contributed by atoms with Gasteiger partial charge < -0.3 is 19.5 Å². The number of aromatic hydroxyl groups is 1. The van der Waals surface area contributed by atoms with Gasteiger partial charge in [0, 0.05) is 37.6 Å². The van der Waals surface area contributed by atoms with Crippen LogP contribution >= 0.6 is 0 Å². The highest BCUT2D eigenvalue weighted by Crippen LogP contribution is 2.47. The molecule has 4 heterocycles. The van der Waals surface area contributed by atoms with Gasteiger partial charge in [-0.15, -0.1) is 0 Å². The number of phenolic OH excluding ortho intramolecular Hbond substituents is 1. The van der Waals surface area contributed by atoms with E-state index < -0.39 is 0 Å². The number of pyridine rings is 1. The molecule has 0 unspecified atom stereocenters. The zero-order valence-electron chi connectivity index (χ0n) is 18.2. The normalized spacial score (nSPS) is 19.7. The zero-order valence-corrected chi connectivity index (χ0v) is 18.2. The van der Waals surface area contributed by atoms with Gasteiger partial charge in [-0.2, -0.15) is 0 Å². The maximum absolute atomic E-state index is 13.3. The van der Waals surface area contributed by atoms with Crippen molar-refractivity contribution >= 4 is 11.6 Å². The Bertz CT molecular complexity index is 1150. The predicted octanol–water partition coefficient (Wildman–Crippen LogP) is 4.10. The molecule has 6 heteroatoms. The first-order chi connectivity index (χ1) is 14.9. The lowest BCUT2D eigenvalue weighted by atomic mass is 9.88. The van der Waals surface area contributed by atoms with Crippen LogP contribution in [0.2, 0.25) is 0 Å². The van der Waals surface area contributed by atoms with Crippen molar-refractivity contribution in [3.63, 3.8) is 0 Å². The van der Waals surface area contributed by atoms with Crippen molar-refractivity contribution in [3.05, 3.63) is 71.7 Å². The summed E-state index contributed by atoms with van der Waals surface area (Å²) in [6.45, 7) is 8.44. The molecule has 1 fully saturated rings. The molecule has 2 aliphatic rings. The number of anilines is 1. The monoisotopic (exact) mass is 416 g/mol. The summed E-state index contributed by atoms with van der Waals surface area (Å²) >= 11 is 0. The van der Waals surface area contributed by atoms with E-state index in [1.54, 1.807) is 18.2 Å². The van der Waals surface area contributed by atoms with E-state index in [0.717, 1.165) is 30.0 Å². The summed E-state index contributed by atoms with van der Waals surface area (Å²) in [5.41, 5.74) is 3.30. The van der Waals surface area contributed by atoms with Gasteiger partial charge in [0.15, 0.2) is 5.82 Å². The summed E-state index contributed by atoms with van der Waals surface area (Å²) < 4.78 is 2.18. The average molecular weight is 417 g/mol.